The van der Waals surface area contributed by atoms with Crippen LogP contribution < -0.4 is 4.90 Å². The van der Waals surface area contributed by atoms with Crippen LogP contribution in [0.4, 0.5) is 5.82 Å². The van der Waals surface area contributed by atoms with E-state index in [9.17, 15) is 5.11 Å². The minimum Gasteiger partial charge on any atom is -0.454 e. The molecule has 4 heterocycles. The molecule has 0 saturated carbocycles. The second-order valence-corrected chi connectivity index (χ2v) is 6.54. The van der Waals surface area contributed by atoms with Crippen LogP contribution in [0.5, 0.6) is 0 Å². The van der Waals surface area contributed by atoms with Gasteiger partial charge in [0.1, 0.15) is 17.1 Å². The minimum absolute atomic E-state index is 0.230. The van der Waals surface area contributed by atoms with Gasteiger partial charge in [-0.2, -0.15) is 0 Å². The normalized spacial score (nSPS) is 17.8. The van der Waals surface area contributed by atoms with Crippen LogP contribution in [-0.2, 0) is 0 Å². The van der Waals surface area contributed by atoms with E-state index in [1.54, 1.807) is 6.20 Å². The van der Waals surface area contributed by atoms with Gasteiger partial charge in [-0.3, -0.25) is 0 Å². The van der Waals surface area contributed by atoms with Gasteiger partial charge in [-0.15, -0.1) is 5.10 Å². The molecule has 1 aliphatic heterocycles. The van der Waals surface area contributed by atoms with Crippen molar-refractivity contribution < 1.29 is 9.52 Å². The average Bonchev–Trinajstić information content (AvgIpc) is 3.37. The maximum atomic E-state index is 9.36. The first-order valence-corrected chi connectivity index (χ1v) is 8.51. The smallest absolute Gasteiger partial charge is 0.155 e. The van der Waals surface area contributed by atoms with Crippen LogP contribution in [0.1, 0.15) is 6.42 Å². The molecule has 126 valence electrons. The molecule has 1 aromatic carbocycles. The van der Waals surface area contributed by atoms with Gasteiger partial charge in [0.05, 0.1) is 6.20 Å². The Bertz CT molecular complexity index is 1020. The van der Waals surface area contributed by atoms with Gasteiger partial charge in [0.25, 0.3) is 0 Å². The Morgan fingerprint density at radius 3 is 2.96 bits per heavy atom. The maximum absolute atomic E-state index is 9.36. The monoisotopic (exact) mass is 334 g/mol. The van der Waals surface area contributed by atoms with Gasteiger partial charge < -0.3 is 14.4 Å². The second kappa shape index (κ2) is 5.60. The van der Waals surface area contributed by atoms with E-state index in [0.29, 0.717) is 5.92 Å². The molecule has 1 aliphatic rings. The molecule has 0 unspecified atom stereocenters. The van der Waals surface area contributed by atoms with Crippen molar-refractivity contribution in [3.63, 3.8) is 0 Å². The van der Waals surface area contributed by atoms with Crippen LogP contribution in [0.15, 0.2) is 53.1 Å². The molecule has 3 aromatic heterocycles. The highest BCUT2D eigenvalue weighted by Gasteiger charge is 2.23. The Morgan fingerprint density at radius 2 is 2.12 bits per heavy atom. The summed E-state index contributed by atoms with van der Waals surface area (Å²) in [5.41, 5.74) is 2.48. The van der Waals surface area contributed by atoms with E-state index in [1.807, 2.05) is 47.0 Å². The van der Waals surface area contributed by atoms with Crippen molar-refractivity contribution in [2.75, 3.05) is 24.6 Å². The zero-order valence-corrected chi connectivity index (χ0v) is 13.7. The number of fused-ring (bicyclic) bond motifs is 2. The Kier molecular flexibility index (Phi) is 3.24. The van der Waals surface area contributed by atoms with E-state index in [4.69, 9.17) is 9.52 Å². The first kappa shape index (κ1) is 14.5. The van der Waals surface area contributed by atoms with Crippen molar-refractivity contribution in [1.29, 1.82) is 0 Å². The lowest BCUT2D eigenvalue weighted by atomic mass is 10.1. The lowest BCUT2D eigenvalue weighted by molar-refractivity contribution is 0.238. The van der Waals surface area contributed by atoms with Crippen molar-refractivity contribution in [1.82, 2.24) is 14.6 Å². The molecule has 4 aromatic rings. The summed E-state index contributed by atoms with van der Waals surface area (Å²) in [5.74, 6) is 1.99. The molecular formula is C19H18N4O2. The average molecular weight is 334 g/mol. The number of rotatable bonds is 3. The van der Waals surface area contributed by atoms with Crippen LogP contribution >= 0.6 is 0 Å². The van der Waals surface area contributed by atoms with E-state index in [0.717, 1.165) is 53.4 Å². The standard InChI is InChI=1S/C19H18N4O2/c24-12-13-7-8-22(11-13)19-6-5-18-20-10-15(23(18)21-19)17-9-14-3-1-2-4-16(14)25-17/h1-6,9-10,13,24H,7-8,11-12H2/t13-/m1/s1. The Labute approximate surface area is 144 Å². The number of furan rings is 1. The Balaban J connectivity index is 1.58. The number of nitrogens with zero attached hydrogens (tertiary/aromatic N) is 4. The molecule has 0 amide bonds. The van der Waals surface area contributed by atoms with Gasteiger partial charge >= 0.3 is 0 Å². The van der Waals surface area contributed by atoms with E-state index in [-0.39, 0.29) is 6.61 Å². The van der Waals surface area contributed by atoms with E-state index >= 15 is 0 Å². The molecule has 1 saturated heterocycles. The molecular weight excluding hydrogens is 316 g/mol. The topological polar surface area (TPSA) is 66.8 Å². The van der Waals surface area contributed by atoms with Crippen LogP contribution in [0.2, 0.25) is 0 Å². The summed E-state index contributed by atoms with van der Waals surface area (Å²) in [6.07, 6.45) is 2.79. The van der Waals surface area contributed by atoms with Crippen molar-refractivity contribution in [3.8, 4) is 11.5 Å². The van der Waals surface area contributed by atoms with Crippen LogP contribution in [0, 0.1) is 5.92 Å². The molecule has 6 heteroatoms. The highest BCUT2D eigenvalue weighted by molar-refractivity contribution is 5.82. The zero-order valence-electron chi connectivity index (χ0n) is 13.7. The number of anilines is 1. The number of hydrogen-bond acceptors (Lipinski definition) is 5. The van der Waals surface area contributed by atoms with Gasteiger partial charge in [0, 0.05) is 31.0 Å². The molecule has 25 heavy (non-hydrogen) atoms. The fourth-order valence-electron chi connectivity index (χ4n) is 3.50. The summed E-state index contributed by atoms with van der Waals surface area (Å²) in [7, 11) is 0. The number of para-hydroxylation sites is 1. The SMILES string of the molecule is OC[C@@H]1CCN(c2ccc3ncc(-c4cc5ccccc5o4)n3n2)C1. The third-order valence-electron chi connectivity index (χ3n) is 4.89. The number of aliphatic hydroxyl groups is 1. The molecule has 0 bridgehead atoms. The molecule has 6 nitrogen and oxygen atoms in total. The van der Waals surface area contributed by atoms with Crippen molar-refractivity contribution in [2.45, 2.75) is 6.42 Å². The van der Waals surface area contributed by atoms with Gasteiger partial charge in [-0.1, -0.05) is 18.2 Å². The highest BCUT2D eigenvalue weighted by atomic mass is 16.3. The number of aromatic nitrogens is 3. The van der Waals surface area contributed by atoms with Gasteiger partial charge in [0.2, 0.25) is 0 Å². The lowest BCUT2D eigenvalue weighted by Gasteiger charge is -2.17. The second-order valence-electron chi connectivity index (χ2n) is 6.54. The summed E-state index contributed by atoms with van der Waals surface area (Å²) < 4.78 is 7.81. The lowest BCUT2D eigenvalue weighted by Crippen LogP contribution is -2.22. The number of imidazole rings is 1. The van der Waals surface area contributed by atoms with Gasteiger partial charge in [-0.05, 0) is 30.7 Å². The molecule has 0 aliphatic carbocycles. The predicted molar refractivity (Wildman–Crippen MR) is 95.6 cm³/mol. The maximum Gasteiger partial charge on any atom is 0.155 e. The summed E-state index contributed by atoms with van der Waals surface area (Å²) in [6, 6.07) is 13.9. The van der Waals surface area contributed by atoms with E-state index in [2.05, 4.69) is 9.88 Å². The van der Waals surface area contributed by atoms with E-state index < -0.39 is 0 Å². The van der Waals surface area contributed by atoms with Crippen LogP contribution in [-0.4, -0.2) is 39.4 Å². The highest BCUT2D eigenvalue weighted by Crippen LogP contribution is 2.29. The summed E-state index contributed by atoms with van der Waals surface area (Å²) >= 11 is 0. The molecule has 0 spiro atoms. The molecule has 1 N–H and O–H groups in total. The van der Waals surface area contributed by atoms with Gasteiger partial charge in [-0.25, -0.2) is 9.50 Å². The van der Waals surface area contributed by atoms with Crippen LogP contribution in [0.3, 0.4) is 0 Å². The van der Waals surface area contributed by atoms with Crippen molar-refractivity contribution in [2.24, 2.45) is 5.92 Å². The van der Waals surface area contributed by atoms with Gasteiger partial charge in [0.15, 0.2) is 11.4 Å². The summed E-state index contributed by atoms with van der Waals surface area (Å²) in [6.45, 7) is 1.98. The van der Waals surface area contributed by atoms with Crippen LogP contribution in [0.25, 0.3) is 28.1 Å². The Hall–Kier alpha value is -2.86. The number of aliphatic hydroxyl groups excluding tert-OH is 1. The molecule has 5 rings (SSSR count). The van der Waals surface area contributed by atoms with Crippen molar-refractivity contribution in [3.05, 3.63) is 48.7 Å². The third kappa shape index (κ3) is 2.37. The quantitative estimate of drug-likeness (QED) is 0.624. The predicted octanol–water partition coefficient (Wildman–Crippen LogP) is 2.96. The third-order valence-corrected chi connectivity index (χ3v) is 4.89. The largest absolute Gasteiger partial charge is 0.454 e. The fourth-order valence-corrected chi connectivity index (χ4v) is 3.50. The minimum atomic E-state index is 0.230. The molecule has 1 atom stereocenters. The number of benzene rings is 1. The number of hydrogen-bond donors (Lipinski definition) is 1. The Morgan fingerprint density at radius 1 is 1.20 bits per heavy atom. The first-order valence-electron chi connectivity index (χ1n) is 8.51. The zero-order chi connectivity index (χ0) is 16.8. The van der Waals surface area contributed by atoms with E-state index in [1.165, 1.54) is 0 Å². The van der Waals surface area contributed by atoms with Crippen molar-refractivity contribution >= 4 is 22.4 Å². The fraction of sp³-hybridized carbons (Fsp3) is 0.263. The molecule has 1 fully saturated rings. The molecule has 0 radical (unpaired) electrons. The summed E-state index contributed by atoms with van der Waals surface area (Å²) in [5, 5.41) is 15.2. The first-order chi connectivity index (χ1) is 12.3. The summed E-state index contributed by atoms with van der Waals surface area (Å²) in [4.78, 5) is 6.66.